The lowest BCUT2D eigenvalue weighted by Gasteiger charge is -2.28. The molecule has 0 aliphatic rings. The van der Waals surface area contributed by atoms with E-state index in [9.17, 15) is 4.79 Å². The summed E-state index contributed by atoms with van der Waals surface area (Å²) in [6, 6.07) is 20.4. The van der Waals surface area contributed by atoms with Crippen LogP contribution in [0.15, 0.2) is 88.1 Å². The number of furan rings is 1. The zero-order valence-electron chi connectivity index (χ0n) is 17.6. The van der Waals surface area contributed by atoms with Gasteiger partial charge in [0.25, 0.3) is 11.6 Å². The summed E-state index contributed by atoms with van der Waals surface area (Å²) in [7, 11) is 1.77. The van der Waals surface area contributed by atoms with Gasteiger partial charge < -0.3 is 13.8 Å². The first-order valence-electron chi connectivity index (χ1n) is 10.2. The van der Waals surface area contributed by atoms with E-state index in [0.29, 0.717) is 33.8 Å². The lowest BCUT2D eigenvalue weighted by molar-refractivity contribution is 0.0754. The summed E-state index contributed by atoms with van der Waals surface area (Å²) < 4.78 is 10.9. The maximum Gasteiger partial charge on any atom is 0.259 e. The van der Waals surface area contributed by atoms with Crippen molar-refractivity contribution in [3.05, 3.63) is 102 Å². The number of rotatable bonds is 5. The maximum absolute atomic E-state index is 13.9. The third-order valence-electron chi connectivity index (χ3n) is 5.41. The predicted octanol–water partition coefficient (Wildman–Crippen LogP) is 5.05. The Labute approximate surface area is 184 Å². The van der Waals surface area contributed by atoms with Gasteiger partial charge in [0.2, 0.25) is 0 Å². The standard InChI is InChI=1S/C25H20N4O3/c1-16-22-18(15-20(21-12-8-14-31-21)27-24(22)32-28-16)25(30)29(2)23(17-9-4-3-5-10-17)19-11-6-7-13-26-19/h3-15,23H,1-2H3. The van der Waals surface area contributed by atoms with Crippen LogP contribution in [0.4, 0.5) is 0 Å². The highest BCUT2D eigenvalue weighted by atomic mass is 16.5. The van der Waals surface area contributed by atoms with Crippen LogP contribution in [0.1, 0.15) is 33.4 Å². The third kappa shape index (κ3) is 3.43. The van der Waals surface area contributed by atoms with Crippen molar-refractivity contribution in [2.75, 3.05) is 7.05 Å². The van der Waals surface area contributed by atoms with E-state index in [1.54, 1.807) is 49.5 Å². The van der Waals surface area contributed by atoms with Gasteiger partial charge in [-0.25, -0.2) is 4.98 Å². The van der Waals surface area contributed by atoms with Crippen LogP contribution in [0, 0.1) is 6.92 Å². The van der Waals surface area contributed by atoms with E-state index in [0.717, 1.165) is 11.3 Å². The second-order valence-corrected chi connectivity index (χ2v) is 7.46. The molecule has 1 amide bonds. The van der Waals surface area contributed by atoms with Crippen LogP contribution < -0.4 is 0 Å². The van der Waals surface area contributed by atoms with Crippen molar-refractivity contribution in [3.63, 3.8) is 0 Å². The van der Waals surface area contributed by atoms with Gasteiger partial charge in [-0.15, -0.1) is 0 Å². The van der Waals surface area contributed by atoms with Gasteiger partial charge in [-0.3, -0.25) is 9.78 Å². The Balaban J connectivity index is 1.64. The first-order chi connectivity index (χ1) is 15.6. The number of fused-ring (bicyclic) bond motifs is 1. The molecule has 32 heavy (non-hydrogen) atoms. The van der Waals surface area contributed by atoms with Crippen LogP contribution in [0.3, 0.4) is 0 Å². The molecule has 0 aliphatic heterocycles. The summed E-state index contributed by atoms with van der Waals surface area (Å²) in [5.41, 5.74) is 3.57. The number of benzene rings is 1. The summed E-state index contributed by atoms with van der Waals surface area (Å²) in [6.45, 7) is 1.80. The molecule has 158 valence electrons. The molecule has 0 spiro atoms. The van der Waals surface area contributed by atoms with Gasteiger partial charge in [0, 0.05) is 13.2 Å². The highest BCUT2D eigenvalue weighted by Crippen LogP contribution is 2.32. The maximum atomic E-state index is 13.9. The minimum Gasteiger partial charge on any atom is -0.463 e. The summed E-state index contributed by atoms with van der Waals surface area (Å²) in [5, 5.41) is 4.62. The molecule has 0 saturated carbocycles. The van der Waals surface area contributed by atoms with Crippen molar-refractivity contribution in [1.82, 2.24) is 20.0 Å². The zero-order chi connectivity index (χ0) is 22.1. The molecule has 0 radical (unpaired) electrons. The topological polar surface area (TPSA) is 85.3 Å². The van der Waals surface area contributed by atoms with E-state index < -0.39 is 0 Å². The normalized spacial score (nSPS) is 12.1. The van der Waals surface area contributed by atoms with Crippen molar-refractivity contribution >= 4 is 17.0 Å². The molecule has 4 aromatic heterocycles. The fraction of sp³-hybridized carbons (Fsp3) is 0.120. The quantitative estimate of drug-likeness (QED) is 0.393. The molecule has 0 bridgehead atoms. The molecule has 1 atom stereocenters. The predicted molar refractivity (Wildman–Crippen MR) is 119 cm³/mol. The highest BCUT2D eigenvalue weighted by molar-refractivity contribution is 6.07. The van der Waals surface area contributed by atoms with Gasteiger partial charge in [-0.2, -0.15) is 0 Å². The van der Waals surface area contributed by atoms with E-state index in [1.807, 2.05) is 48.5 Å². The van der Waals surface area contributed by atoms with Crippen LogP contribution in [0.25, 0.3) is 22.6 Å². The summed E-state index contributed by atoms with van der Waals surface area (Å²) >= 11 is 0. The minimum absolute atomic E-state index is 0.198. The zero-order valence-corrected chi connectivity index (χ0v) is 17.6. The highest BCUT2D eigenvalue weighted by Gasteiger charge is 2.29. The Bertz CT molecular complexity index is 1320. The van der Waals surface area contributed by atoms with Gasteiger partial charge in [0.15, 0.2) is 5.76 Å². The fourth-order valence-electron chi connectivity index (χ4n) is 3.89. The summed E-state index contributed by atoms with van der Waals surface area (Å²) in [4.78, 5) is 24.6. The molecular formula is C25H20N4O3. The van der Waals surface area contributed by atoms with Crippen LogP contribution in [-0.2, 0) is 0 Å². The fourth-order valence-corrected chi connectivity index (χ4v) is 3.89. The second kappa shape index (κ2) is 8.11. The molecule has 0 fully saturated rings. The number of nitrogens with zero attached hydrogens (tertiary/aromatic N) is 4. The van der Waals surface area contributed by atoms with Crippen molar-refractivity contribution in [3.8, 4) is 11.5 Å². The van der Waals surface area contributed by atoms with Crippen LogP contribution in [0.5, 0.6) is 0 Å². The van der Waals surface area contributed by atoms with Gasteiger partial charge in [-0.1, -0.05) is 41.6 Å². The van der Waals surface area contributed by atoms with Crippen molar-refractivity contribution < 1.29 is 13.7 Å². The first-order valence-corrected chi connectivity index (χ1v) is 10.2. The van der Waals surface area contributed by atoms with E-state index in [1.165, 1.54) is 0 Å². The van der Waals surface area contributed by atoms with Gasteiger partial charge in [-0.05, 0) is 42.8 Å². The number of aryl methyl sites for hydroxylation is 1. The van der Waals surface area contributed by atoms with Crippen LogP contribution >= 0.6 is 0 Å². The Morgan fingerprint density at radius 1 is 1.03 bits per heavy atom. The molecule has 1 unspecified atom stereocenters. The lowest BCUT2D eigenvalue weighted by Crippen LogP contribution is -2.32. The number of pyridine rings is 2. The summed E-state index contributed by atoms with van der Waals surface area (Å²) in [5.74, 6) is 0.345. The average molecular weight is 424 g/mol. The third-order valence-corrected chi connectivity index (χ3v) is 5.41. The largest absolute Gasteiger partial charge is 0.463 e. The van der Waals surface area contributed by atoms with E-state index >= 15 is 0 Å². The SMILES string of the molecule is Cc1noc2nc(-c3ccco3)cc(C(=O)N(C)C(c3ccccc3)c3ccccn3)c12. The monoisotopic (exact) mass is 424 g/mol. The van der Waals surface area contributed by atoms with Crippen molar-refractivity contribution in [2.45, 2.75) is 13.0 Å². The summed E-state index contributed by atoms with van der Waals surface area (Å²) in [6.07, 6.45) is 3.29. The van der Waals surface area contributed by atoms with Crippen LogP contribution in [-0.4, -0.2) is 33.0 Å². The van der Waals surface area contributed by atoms with Crippen LogP contribution in [0.2, 0.25) is 0 Å². The van der Waals surface area contributed by atoms with E-state index in [4.69, 9.17) is 8.94 Å². The van der Waals surface area contributed by atoms with Crippen molar-refractivity contribution in [2.24, 2.45) is 0 Å². The Kier molecular flexibility index (Phi) is 4.99. The van der Waals surface area contributed by atoms with E-state index in [-0.39, 0.29) is 11.9 Å². The molecule has 0 saturated heterocycles. The number of amides is 1. The smallest absolute Gasteiger partial charge is 0.259 e. The van der Waals surface area contributed by atoms with Crippen molar-refractivity contribution in [1.29, 1.82) is 0 Å². The van der Waals surface area contributed by atoms with Gasteiger partial charge in [0.1, 0.15) is 5.69 Å². The molecule has 7 nitrogen and oxygen atoms in total. The molecule has 5 aromatic rings. The number of aromatic nitrogens is 3. The number of hydrogen-bond acceptors (Lipinski definition) is 6. The number of carbonyl (C=O) groups excluding carboxylic acids is 1. The lowest BCUT2D eigenvalue weighted by atomic mass is 10.00. The molecule has 0 aliphatic carbocycles. The van der Waals surface area contributed by atoms with Gasteiger partial charge in [0.05, 0.1) is 34.6 Å². The average Bonchev–Trinajstić information content (AvgIpc) is 3.50. The molecular weight excluding hydrogens is 404 g/mol. The minimum atomic E-state index is -0.375. The Hall–Kier alpha value is -4.26. The number of hydrogen-bond donors (Lipinski definition) is 0. The van der Waals surface area contributed by atoms with E-state index in [2.05, 4.69) is 15.1 Å². The Morgan fingerprint density at radius 2 is 1.84 bits per heavy atom. The Morgan fingerprint density at radius 3 is 2.56 bits per heavy atom. The second-order valence-electron chi connectivity index (χ2n) is 7.46. The molecule has 1 aromatic carbocycles. The molecule has 5 rings (SSSR count). The molecule has 4 heterocycles. The van der Waals surface area contributed by atoms with Gasteiger partial charge >= 0.3 is 0 Å². The molecule has 0 N–H and O–H groups in total. The number of carbonyl (C=O) groups is 1. The molecule has 7 heteroatoms. The first kappa shape index (κ1) is 19.7.